The molecule has 0 aromatic heterocycles. The van der Waals surface area contributed by atoms with Gasteiger partial charge in [-0.3, -0.25) is 14.5 Å². The molecule has 0 radical (unpaired) electrons. The molecular weight excluding hydrogens is 397 g/mol. The van der Waals surface area contributed by atoms with Crippen LogP contribution in [0.2, 0.25) is 0 Å². The van der Waals surface area contributed by atoms with Gasteiger partial charge in [0.05, 0.1) is 12.3 Å². The Labute approximate surface area is 171 Å². The number of aryl methyl sites for hydroxylation is 1. The van der Waals surface area contributed by atoms with Crippen LogP contribution in [-0.4, -0.2) is 55.0 Å². The number of rotatable bonds is 5. The van der Waals surface area contributed by atoms with Gasteiger partial charge >= 0.3 is 0 Å². The molecule has 2 aliphatic rings. The maximum Gasteiger partial charge on any atom is 0.247 e. The van der Waals surface area contributed by atoms with Gasteiger partial charge in [-0.2, -0.15) is 4.31 Å². The van der Waals surface area contributed by atoms with Gasteiger partial charge in [-0.15, -0.1) is 0 Å². The number of halogens is 1. The highest BCUT2D eigenvalue weighted by Gasteiger charge is 2.51. The number of hydrogen-bond donors (Lipinski definition) is 1. The lowest BCUT2D eigenvalue weighted by Crippen LogP contribution is -2.71. The number of carbonyl (C=O) groups excluding carboxylic acids is 2. The second kappa shape index (κ2) is 8.02. The molecule has 160 valence electrons. The van der Waals surface area contributed by atoms with Gasteiger partial charge in [0.2, 0.25) is 21.8 Å². The molecule has 29 heavy (non-hydrogen) atoms. The Kier molecular flexibility index (Phi) is 6.01. The zero-order chi connectivity index (χ0) is 21.4. The highest BCUT2D eigenvalue weighted by Crippen LogP contribution is 2.33. The lowest BCUT2D eigenvalue weighted by atomic mass is 9.93. The maximum absolute atomic E-state index is 13.6. The number of benzene rings is 1. The third-order valence-electron chi connectivity index (χ3n) is 5.88. The summed E-state index contributed by atoms with van der Waals surface area (Å²) in [4.78, 5) is 27.8. The summed E-state index contributed by atoms with van der Waals surface area (Å²) in [6.07, 6.45) is 3.78. The lowest BCUT2D eigenvalue weighted by Gasteiger charge is -2.47. The van der Waals surface area contributed by atoms with Crippen molar-refractivity contribution in [3.8, 4) is 0 Å². The smallest absolute Gasteiger partial charge is 0.247 e. The van der Waals surface area contributed by atoms with Crippen molar-refractivity contribution in [2.45, 2.75) is 58.0 Å². The van der Waals surface area contributed by atoms with Crippen molar-refractivity contribution < 1.29 is 22.4 Å². The van der Waals surface area contributed by atoms with Crippen molar-refractivity contribution in [2.75, 3.05) is 23.7 Å². The van der Waals surface area contributed by atoms with E-state index in [0.717, 1.165) is 30.0 Å². The predicted molar refractivity (Wildman–Crippen MR) is 108 cm³/mol. The van der Waals surface area contributed by atoms with Gasteiger partial charge in [-0.25, -0.2) is 12.8 Å². The molecule has 1 saturated heterocycles. The summed E-state index contributed by atoms with van der Waals surface area (Å²) in [5.74, 6) is -1.50. The minimum absolute atomic E-state index is 0.0174. The quantitative estimate of drug-likeness (QED) is 0.781. The number of nitrogens with zero attached hydrogens (tertiary/aromatic N) is 2. The van der Waals surface area contributed by atoms with E-state index in [4.69, 9.17) is 0 Å². The maximum atomic E-state index is 13.6. The molecule has 0 spiro atoms. The molecule has 9 heteroatoms. The van der Waals surface area contributed by atoms with E-state index in [0.29, 0.717) is 11.3 Å². The number of anilines is 1. The highest BCUT2D eigenvalue weighted by molar-refractivity contribution is 7.89. The number of piperazine rings is 1. The average Bonchev–Trinajstić information content (AvgIpc) is 3.15. The minimum atomic E-state index is -3.66. The number of amides is 2. The molecule has 0 unspecified atom stereocenters. The fourth-order valence-corrected chi connectivity index (χ4v) is 5.32. The van der Waals surface area contributed by atoms with E-state index in [1.165, 1.54) is 30.0 Å². The van der Waals surface area contributed by atoms with Crippen molar-refractivity contribution in [1.82, 2.24) is 9.62 Å². The summed E-state index contributed by atoms with van der Waals surface area (Å²) in [5.41, 5.74) is -0.526. The largest absolute Gasteiger partial charge is 0.351 e. The standard InChI is InChI=1S/C20H28FN3O4S/c1-4-29(27,28)23-12-18(25)24(17-10-9-15(21)11-14(17)2)20(3,13-23)19(26)22-16-7-5-6-8-16/h9-11,16H,4-8,12-13H2,1-3H3,(H,22,26)/t20-/m1/s1. The fraction of sp³-hybridized carbons (Fsp3) is 0.600. The van der Waals surface area contributed by atoms with Crippen LogP contribution in [0.15, 0.2) is 18.2 Å². The molecule has 1 saturated carbocycles. The highest BCUT2D eigenvalue weighted by atomic mass is 32.2. The van der Waals surface area contributed by atoms with Crippen LogP contribution in [0.3, 0.4) is 0 Å². The van der Waals surface area contributed by atoms with Gasteiger partial charge in [0.25, 0.3) is 0 Å². The van der Waals surface area contributed by atoms with Crippen molar-refractivity contribution in [2.24, 2.45) is 0 Å². The fourth-order valence-electron chi connectivity index (χ4n) is 4.20. The molecule has 7 nitrogen and oxygen atoms in total. The van der Waals surface area contributed by atoms with E-state index in [9.17, 15) is 22.4 Å². The monoisotopic (exact) mass is 425 g/mol. The summed E-state index contributed by atoms with van der Waals surface area (Å²) in [7, 11) is -3.66. The van der Waals surface area contributed by atoms with Gasteiger partial charge in [0.1, 0.15) is 11.4 Å². The first kappa shape index (κ1) is 21.7. The van der Waals surface area contributed by atoms with Crippen LogP contribution in [0.4, 0.5) is 10.1 Å². The number of hydrogen-bond acceptors (Lipinski definition) is 4. The van der Waals surface area contributed by atoms with Crippen molar-refractivity contribution >= 4 is 27.5 Å². The number of carbonyl (C=O) groups is 2. The summed E-state index contributed by atoms with van der Waals surface area (Å²) in [6.45, 7) is 4.25. The molecule has 2 fully saturated rings. The predicted octanol–water partition coefficient (Wildman–Crippen LogP) is 1.95. The van der Waals surface area contributed by atoms with E-state index < -0.39 is 33.2 Å². The Morgan fingerprint density at radius 1 is 1.31 bits per heavy atom. The summed E-state index contributed by atoms with van der Waals surface area (Å²) >= 11 is 0. The van der Waals surface area contributed by atoms with Crippen LogP contribution in [0, 0.1) is 12.7 Å². The molecule has 1 aromatic carbocycles. The Bertz CT molecular complexity index is 914. The van der Waals surface area contributed by atoms with E-state index in [-0.39, 0.29) is 24.9 Å². The molecule has 1 heterocycles. The zero-order valence-corrected chi connectivity index (χ0v) is 17.9. The first-order valence-electron chi connectivity index (χ1n) is 9.96. The first-order valence-corrected chi connectivity index (χ1v) is 11.6. The average molecular weight is 426 g/mol. The van der Waals surface area contributed by atoms with Gasteiger partial charge in [-0.1, -0.05) is 12.8 Å². The van der Waals surface area contributed by atoms with Crippen molar-refractivity contribution in [1.29, 1.82) is 0 Å². The van der Waals surface area contributed by atoms with E-state index in [1.54, 1.807) is 13.8 Å². The van der Waals surface area contributed by atoms with Gasteiger partial charge < -0.3 is 5.32 Å². The summed E-state index contributed by atoms with van der Waals surface area (Å²) in [6, 6.07) is 4.02. The molecule has 1 atom stereocenters. The van der Waals surface area contributed by atoms with Gasteiger partial charge in [0.15, 0.2) is 0 Å². The Hall–Kier alpha value is -2.00. The third-order valence-corrected chi connectivity index (χ3v) is 7.65. The molecule has 1 aliphatic heterocycles. The topological polar surface area (TPSA) is 86.8 Å². The lowest BCUT2D eigenvalue weighted by molar-refractivity contribution is -0.133. The Morgan fingerprint density at radius 3 is 2.55 bits per heavy atom. The van der Waals surface area contributed by atoms with Crippen LogP contribution in [0.1, 0.15) is 45.1 Å². The first-order chi connectivity index (χ1) is 13.6. The molecular formula is C20H28FN3O4S. The zero-order valence-electron chi connectivity index (χ0n) is 17.1. The van der Waals surface area contributed by atoms with E-state index in [1.807, 2.05) is 0 Å². The molecule has 1 aromatic rings. The molecule has 0 bridgehead atoms. The van der Waals surface area contributed by atoms with Crippen LogP contribution < -0.4 is 10.2 Å². The SMILES string of the molecule is CCS(=O)(=O)N1CC(=O)N(c2ccc(F)cc2C)[C@@](C)(C(=O)NC2CCCC2)C1. The summed E-state index contributed by atoms with van der Waals surface area (Å²) in [5, 5.41) is 3.00. The second-order valence-corrected chi connectivity index (χ2v) is 10.3. The normalized spacial score (nSPS) is 24.1. The number of sulfonamides is 1. The van der Waals surface area contributed by atoms with Crippen LogP contribution in [-0.2, 0) is 19.6 Å². The van der Waals surface area contributed by atoms with Crippen LogP contribution in [0.5, 0.6) is 0 Å². The van der Waals surface area contributed by atoms with Crippen LogP contribution in [0.25, 0.3) is 0 Å². The Morgan fingerprint density at radius 2 is 1.97 bits per heavy atom. The van der Waals surface area contributed by atoms with Crippen LogP contribution >= 0.6 is 0 Å². The second-order valence-electron chi connectivity index (χ2n) is 8.06. The summed E-state index contributed by atoms with van der Waals surface area (Å²) < 4.78 is 39.7. The minimum Gasteiger partial charge on any atom is -0.351 e. The van der Waals surface area contributed by atoms with Crippen molar-refractivity contribution in [3.05, 3.63) is 29.6 Å². The van der Waals surface area contributed by atoms with E-state index >= 15 is 0 Å². The molecule has 3 rings (SSSR count). The molecule has 1 aliphatic carbocycles. The van der Waals surface area contributed by atoms with Gasteiger partial charge in [0, 0.05) is 18.3 Å². The van der Waals surface area contributed by atoms with E-state index in [2.05, 4.69) is 5.32 Å². The Balaban J connectivity index is 2.04. The van der Waals surface area contributed by atoms with Crippen molar-refractivity contribution in [3.63, 3.8) is 0 Å². The molecule has 2 amide bonds. The van der Waals surface area contributed by atoms with Gasteiger partial charge in [-0.05, 0) is 57.4 Å². The third kappa shape index (κ3) is 4.16. The number of nitrogens with one attached hydrogen (secondary N) is 1. The molecule has 1 N–H and O–H groups in total.